The molecule has 3 heterocycles. The van der Waals surface area contributed by atoms with E-state index in [1.165, 1.54) is 10.8 Å². The van der Waals surface area contributed by atoms with Gasteiger partial charge in [-0.1, -0.05) is 6.92 Å². The minimum Gasteiger partial charge on any atom is -0.361 e. The predicted octanol–water partition coefficient (Wildman–Crippen LogP) is 1.71. The Labute approximate surface area is 163 Å². The summed E-state index contributed by atoms with van der Waals surface area (Å²) in [5.41, 5.74) is -1.56. The first kappa shape index (κ1) is 19.7. The highest BCUT2D eigenvalue weighted by Crippen LogP contribution is 2.67. The van der Waals surface area contributed by atoms with E-state index in [-0.39, 0.29) is 11.7 Å². The highest BCUT2D eigenvalue weighted by atomic mass is 31.2. The number of nitriles is 1. The Morgan fingerprint density at radius 1 is 1.43 bits per heavy atom. The van der Waals surface area contributed by atoms with E-state index < -0.39 is 37.6 Å². The molecule has 152 valence electrons. The van der Waals surface area contributed by atoms with E-state index in [2.05, 4.69) is 4.98 Å². The molecule has 1 aliphatic carbocycles. The van der Waals surface area contributed by atoms with Gasteiger partial charge < -0.3 is 18.5 Å². The van der Waals surface area contributed by atoms with Crippen LogP contribution in [0.3, 0.4) is 0 Å². The molecule has 2 unspecified atom stereocenters. The molecule has 1 saturated carbocycles. The van der Waals surface area contributed by atoms with Gasteiger partial charge in [-0.05, 0) is 26.2 Å². The van der Waals surface area contributed by atoms with Gasteiger partial charge in [0.25, 0.3) is 5.56 Å². The SMILES string of the molecule is CC[C@@]12O[C@@H](n3cc(C)c(=O)[nH]c3=O)[C@@H](OC13CC3)C2OP(C)OCCC#N. The summed E-state index contributed by atoms with van der Waals surface area (Å²) >= 11 is 0. The summed E-state index contributed by atoms with van der Waals surface area (Å²) < 4.78 is 26.1. The Morgan fingerprint density at radius 2 is 2.18 bits per heavy atom. The molecule has 9 nitrogen and oxygen atoms in total. The lowest BCUT2D eigenvalue weighted by Gasteiger charge is -2.38. The van der Waals surface area contributed by atoms with E-state index in [1.54, 1.807) is 6.92 Å². The van der Waals surface area contributed by atoms with Gasteiger partial charge in [0.1, 0.15) is 23.4 Å². The maximum atomic E-state index is 12.4. The van der Waals surface area contributed by atoms with Gasteiger partial charge in [-0.2, -0.15) is 5.26 Å². The first-order valence-electron chi connectivity index (χ1n) is 9.45. The third kappa shape index (κ3) is 2.87. The van der Waals surface area contributed by atoms with Crippen LogP contribution in [0.4, 0.5) is 0 Å². The summed E-state index contributed by atoms with van der Waals surface area (Å²) in [7, 11) is -1.23. The summed E-state index contributed by atoms with van der Waals surface area (Å²) in [5.74, 6) is 0. The molecule has 3 fully saturated rings. The van der Waals surface area contributed by atoms with Crippen molar-refractivity contribution < 1.29 is 18.5 Å². The molecular formula is C18H24N3O6P. The van der Waals surface area contributed by atoms with Crippen molar-refractivity contribution in [2.24, 2.45) is 0 Å². The van der Waals surface area contributed by atoms with Gasteiger partial charge >= 0.3 is 5.69 Å². The van der Waals surface area contributed by atoms with Gasteiger partial charge in [-0.25, -0.2) is 4.79 Å². The van der Waals surface area contributed by atoms with E-state index in [0.717, 1.165) is 12.8 Å². The molecule has 0 radical (unpaired) electrons. The van der Waals surface area contributed by atoms with E-state index in [4.69, 9.17) is 23.8 Å². The molecule has 3 aliphatic rings. The monoisotopic (exact) mass is 409 g/mol. The molecular weight excluding hydrogens is 385 g/mol. The van der Waals surface area contributed by atoms with Gasteiger partial charge in [0.05, 0.1) is 19.1 Å². The second-order valence-electron chi connectivity index (χ2n) is 7.51. The average Bonchev–Trinajstić information content (AvgIpc) is 3.31. The summed E-state index contributed by atoms with van der Waals surface area (Å²) in [6.07, 6.45) is 2.71. The molecule has 5 atom stereocenters. The lowest BCUT2D eigenvalue weighted by Crippen LogP contribution is -2.50. The second-order valence-corrected chi connectivity index (χ2v) is 8.86. The number of ether oxygens (including phenoxy) is 2. The smallest absolute Gasteiger partial charge is 0.330 e. The van der Waals surface area contributed by atoms with Crippen LogP contribution in [-0.4, -0.2) is 46.2 Å². The third-order valence-electron chi connectivity index (χ3n) is 5.90. The Morgan fingerprint density at radius 3 is 2.82 bits per heavy atom. The number of hydrogen-bond acceptors (Lipinski definition) is 7. The topological polar surface area (TPSA) is 116 Å². The maximum Gasteiger partial charge on any atom is 0.330 e. The first-order chi connectivity index (χ1) is 13.4. The minimum absolute atomic E-state index is 0.300. The Balaban J connectivity index is 1.64. The number of aromatic nitrogens is 2. The van der Waals surface area contributed by atoms with Crippen molar-refractivity contribution in [3.63, 3.8) is 0 Å². The van der Waals surface area contributed by atoms with E-state index in [1.807, 2.05) is 19.7 Å². The molecule has 2 saturated heterocycles. The standard InChI is InChI=1S/C18H24N3O6P/c1-4-18-13(27-28(3)24-9-5-8-19)12(25-17(18)6-7-17)15(26-18)21-10-11(2)14(22)20-16(21)23/h10,12-13,15H,4-7,9H2,1-3H3,(H,20,22,23)/t12-,13?,15+,18-,28?/m0/s1. The van der Waals surface area contributed by atoms with Crippen LogP contribution in [0.1, 0.15) is 44.4 Å². The molecule has 28 heavy (non-hydrogen) atoms. The highest BCUT2D eigenvalue weighted by Gasteiger charge is 2.78. The van der Waals surface area contributed by atoms with E-state index >= 15 is 0 Å². The second kappa shape index (κ2) is 7.05. The fourth-order valence-corrected chi connectivity index (χ4v) is 5.44. The number of nitrogens with zero attached hydrogens (tertiary/aromatic N) is 2. The summed E-state index contributed by atoms with van der Waals surface area (Å²) in [6, 6.07) is 2.05. The van der Waals surface area contributed by atoms with Crippen LogP contribution in [0.5, 0.6) is 0 Å². The fraction of sp³-hybridized carbons (Fsp3) is 0.722. The largest absolute Gasteiger partial charge is 0.361 e. The number of nitrogens with one attached hydrogen (secondary N) is 1. The van der Waals surface area contributed by atoms with Crippen LogP contribution in [0, 0.1) is 18.3 Å². The van der Waals surface area contributed by atoms with Crippen LogP contribution in [0.25, 0.3) is 0 Å². The number of H-pyrrole nitrogens is 1. The average molecular weight is 409 g/mol. The maximum absolute atomic E-state index is 12.4. The predicted molar refractivity (Wildman–Crippen MR) is 99.9 cm³/mol. The number of fused-ring (bicyclic) bond motifs is 3. The summed E-state index contributed by atoms with van der Waals surface area (Å²) in [5, 5.41) is 8.68. The highest BCUT2D eigenvalue weighted by molar-refractivity contribution is 7.46. The minimum atomic E-state index is -1.23. The van der Waals surface area contributed by atoms with E-state index in [0.29, 0.717) is 25.0 Å². The Kier molecular flexibility index (Phi) is 4.97. The molecule has 4 rings (SSSR count). The van der Waals surface area contributed by atoms with Crippen molar-refractivity contribution in [1.82, 2.24) is 9.55 Å². The van der Waals surface area contributed by atoms with Crippen molar-refractivity contribution in [3.05, 3.63) is 32.6 Å². The molecule has 0 amide bonds. The fourth-order valence-electron chi connectivity index (χ4n) is 4.42. The lowest BCUT2D eigenvalue weighted by atomic mass is 9.88. The van der Waals surface area contributed by atoms with Gasteiger partial charge in [-0.3, -0.25) is 14.3 Å². The summed E-state index contributed by atoms with van der Waals surface area (Å²) in [6.45, 7) is 5.83. The van der Waals surface area contributed by atoms with Gasteiger partial charge in [0.2, 0.25) is 0 Å². The molecule has 1 aromatic rings. The van der Waals surface area contributed by atoms with Gasteiger partial charge in [-0.15, -0.1) is 0 Å². The number of rotatable bonds is 7. The zero-order valence-electron chi connectivity index (χ0n) is 16.1. The van der Waals surface area contributed by atoms with Crippen LogP contribution in [0.2, 0.25) is 0 Å². The molecule has 1 aromatic heterocycles. The molecule has 2 bridgehead atoms. The zero-order valence-corrected chi connectivity index (χ0v) is 17.0. The number of aryl methyl sites for hydroxylation is 1. The number of aromatic amines is 1. The van der Waals surface area contributed by atoms with Crippen LogP contribution in [-0.2, 0) is 18.5 Å². The molecule has 2 aliphatic heterocycles. The molecule has 1 spiro atoms. The third-order valence-corrected chi connectivity index (χ3v) is 6.97. The van der Waals surface area contributed by atoms with Gasteiger partial charge in [0.15, 0.2) is 14.6 Å². The number of hydrogen-bond donors (Lipinski definition) is 1. The first-order valence-corrected chi connectivity index (χ1v) is 11.1. The normalized spacial score (nSPS) is 33.1. The van der Waals surface area contributed by atoms with Crippen molar-refractivity contribution in [3.8, 4) is 6.07 Å². The molecule has 10 heteroatoms. The van der Waals surface area contributed by atoms with Crippen molar-refractivity contribution in [2.75, 3.05) is 13.3 Å². The quantitative estimate of drug-likeness (QED) is 0.538. The van der Waals surface area contributed by atoms with Crippen LogP contribution >= 0.6 is 8.38 Å². The Bertz CT molecular complexity index is 919. The molecule has 1 N–H and O–H groups in total. The zero-order chi connectivity index (χ0) is 20.1. The van der Waals surface area contributed by atoms with E-state index in [9.17, 15) is 9.59 Å². The van der Waals surface area contributed by atoms with Crippen molar-refractivity contribution in [2.45, 2.75) is 69.2 Å². The Hall–Kier alpha value is -1.56. The summed E-state index contributed by atoms with van der Waals surface area (Å²) in [4.78, 5) is 26.5. The van der Waals surface area contributed by atoms with Crippen molar-refractivity contribution in [1.29, 1.82) is 5.26 Å². The molecule has 0 aromatic carbocycles. The van der Waals surface area contributed by atoms with Crippen LogP contribution < -0.4 is 11.2 Å². The van der Waals surface area contributed by atoms with Crippen molar-refractivity contribution >= 4 is 8.38 Å². The lowest BCUT2D eigenvalue weighted by molar-refractivity contribution is -0.225. The van der Waals surface area contributed by atoms with Gasteiger partial charge in [0, 0.05) is 18.4 Å². The van der Waals surface area contributed by atoms with Crippen LogP contribution in [0.15, 0.2) is 15.8 Å².